The Bertz CT molecular complexity index is 3440. The molecule has 0 amide bonds. The third kappa shape index (κ3) is 9.48. The smallest absolute Gasteiger partial charge is 0.343 e. The molecule has 1 aliphatic heterocycles. The van der Waals surface area contributed by atoms with Gasteiger partial charge in [-0.2, -0.15) is 0 Å². The van der Waals surface area contributed by atoms with Gasteiger partial charge in [0.2, 0.25) is 0 Å². The lowest BCUT2D eigenvalue weighted by molar-refractivity contribution is 0.0219. The maximum absolute atomic E-state index is 14.2. The predicted octanol–water partition coefficient (Wildman–Crippen LogP) is 16.5. The Labute approximate surface area is 457 Å². The molecule has 0 N–H and O–H groups in total. The van der Waals surface area contributed by atoms with Gasteiger partial charge in [0, 0.05) is 34.7 Å². The van der Waals surface area contributed by atoms with Gasteiger partial charge in [0.1, 0.15) is 28.6 Å². The highest BCUT2D eigenvalue weighted by molar-refractivity contribution is 6.10. The van der Waals surface area contributed by atoms with Crippen LogP contribution >= 0.6 is 0 Å². The molecule has 9 nitrogen and oxygen atoms in total. The maximum Gasteiger partial charge on any atom is 0.343 e. The van der Waals surface area contributed by atoms with Gasteiger partial charge in [0.05, 0.1) is 32.5 Å². The van der Waals surface area contributed by atoms with Crippen molar-refractivity contribution in [1.29, 1.82) is 0 Å². The molecule has 1 heterocycles. The normalized spacial score (nSPS) is 17.8. The van der Waals surface area contributed by atoms with Crippen LogP contribution in [0.25, 0.3) is 39.1 Å². The molecule has 9 heteroatoms. The molecule has 3 aliphatic rings. The van der Waals surface area contributed by atoms with Crippen LogP contribution in [0.2, 0.25) is 0 Å². The highest BCUT2D eigenvalue weighted by Crippen LogP contribution is 2.60. The van der Waals surface area contributed by atoms with Crippen molar-refractivity contribution in [3.8, 4) is 56.8 Å². The van der Waals surface area contributed by atoms with Gasteiger partial charge < -0.3 is 33.2 Å². The molecule has 0 spiro atoms. The van der Waals surface area contributed by atoms with Gasteiger partial charge in [-0.05, 0) is 162 Å². The van der Waals surface area contributed by atoms with Crippen LogP contribution < -0.4 is 28.4 Å². The molecule has 1 atom stereocenters. The Morgan fingerprint density at radius 1 is 0.590 bits per heavy atom. The third-order valence-electron chi connectivity index (χ3n) is 16.7. The molecule has 396 valence electrons. The van der Waals surface area contributed by atoms with Crippen LogP contribution in [0.15, 0.2) is 164 Å². The standard InChI is InChI=1S/C69H66O9/c1-7-9-10-13-44-16-18-45(19-17-44)46-20-24-49(25-21-46)66(70)76-55-34-28-48(29-35-55)47-22-26-50(27-23-47)67(71)77-62-42-58-59(43-61(62)74-5)65-57(64-63(58)56-14-11-12-15-60(56)68(64,8-2)75-6)40-41-69(78-65,51-30-36-53(72-3)37-31-51)52-32-38-54(73-4)39-33-52/h11-12,14-15,20-45H,7-10,13,16-19H2,1-6H3/t44-,45-,68?. The van der Waals surface area contributed by atoms with Crippen LogP contribution in [0.5, 0.6) is 34.5 Å². The lowest BCUT2D eigenvalue weighted by Gasteiger charge is -2.39. The van der Waals surface area contributed by atoms with E-state index in [0.29, 0.717) is 40.7 Å². The molecule has 11 rings (SSSR count). The zero-order chi connectivity index (χ0) is 54.0. The van der Waals surface area contributed by atoms with Crippen molar-refractivity contribution < 1.29 is 42.7 Å². The summed E-state index contributed by atoms with van der Waals surface area (Å²) in [5.74, 6) is 3.61. The van der Waals surface area contributed by atoms with Gasteiger partial charge >= 0.3 is 11.9 Å². The minimum Gasteiger partial charge on any atom is -0.497 e. The minimum atomic E-state index is -1.08. The Morgan fingerprint density at radius 2 is 1.17 bits per heavy atom. The Balaban J connectivity index is 0.864. The second-order valence-electron chi connectivity index (χ2n) is 20.8. The van der Waals surface area contributed by atoms with E-state index >= 15 is 0 Å². The van der Waals surface area contributed by atoms with Crippen LogP contribution in [0.3, 0.4) is 0 Å². The minimum absolute atomic E-state index is 0.254. The summed E-state index contributed by atoms with van der Waals surface area (Å²) >= 11 is 0. The Hall–Kier alpha value is -8.14. The summed E-state index contributed by atoms with van der Waals surface area (Å²) in [7, 11) is 6.63. The predicted molar refractivity (Wildman–Crippen MR) is 308 cm³/mol. The van der Waals surface area contributed by atoms with Crippen molar-refractivity contribution in [3.63, 3.8) is 0 Å². The van der Waals surface area contributed by atoms with E-state index in [1.54, 1.807) is 52.7 Å². The molecular formula is C69H66O9. The summed E-state index contributed by atoms with van der Waals surface area (Å²) in [6.07, 6.45) is 15.2. The van der Waals surface area contributed by atoms with Crippen LogP contribution in [-0.2, 0) is 15.9 Å². The number of ether oxygens (including phenoxy) is 7. The largest absolute Gasteiger partial charge is 0.497 e. The number of hydrogen-bond acceptors (Lipinski definition) is 9. The van der Waals surface area contributed by atoms with Gasteiger partial charge in [0.15, 0.2) is 17.1 Å². The van der Waals surface area contributed by atoms with Crippen molar-refractivity contribution in [2.24, 2.45) is 5.92 Å². The molecule has 8 aromatic rings. The number of rotatable bonds is 17. The highest BCUT2D eigenvalue weighted by atomic mass is 16.6. The average Bonchev–Trinajstić information content (AvgIpc) is 3.39. The van der Waals surface area contributed by atoms with E-state index in [9.17, 15) is 9.59 Å². The van der Waals surface area contributed by atoms with Gasteiger partial charge in [-0.1, -0.05) is 131 Å². The SMILES string of the molecule is CCCCC[C@H]1CC[C@H](c2ccc(C(=O)Oc3ccc(-c4ccc(C(=O)Oc5cc6c7c(c8c(c6cc5OC)OC(c5ccc(OC)cc5)(c5ccc(OC)cc5)C=C8)C(CC)(OC)c5ccccc5-7)cc4)cc3)cc2)CC1. The van der Waals surface area contributed by atoms with E-state index in [1.807, 2.05) is 109 Å². The van der Waals surface area contributed by atoms with Crippen molar-refractivity contribution >= 4 is 28.8 Å². The van der Waals surface area contributed by atoms with Crippen molar-refractivity contribution in [3.05, 3.63) is 208 Å². The van der Waals surface area contributed by atoms with Crippen LogP contribution in [-0.4, -0.2) is 40.4 Å². The molecular weight excluding hydrogens is 973 g/mol. The Kier molecular flexibility index (Phi) is 14.7. The number of benzene rings is 8. The first-order valence-corrected chi connectivity index (χ1v) is 27.4. The lowest BCUT2D eigenvalue weighted by atomic mass is 9.77. The molecule has 0 bridgehead atoms. The number of carbonyl (C=O) groups excluding carboxylic acids is 2. The number of unbranched alkanes of at least 4 members (excludes halogenated alkanes) is 2. The van der Waals surface area contributed by atoms with E-state index in [-0.39, 0.29) is 11.7 Å². The summed E-state index contributed by atoms with van der Waals surface area (Å²) < 4.78 is 43.6. The second kappa shape index (κ2) is 22.1. The molecule has 8 aromatic carbocycles. The second-order valence-corrected chi connectivity index (χ2v) is 20.8. The van der Waals surface area contributed by atoms with E-state index < -0.39 is 17.2 Å². The number of esters is 2. The average molecular weight is 1040 g/mol. The molecule has 2 aliphatic carbocycles. The van der Waals surface area contributed by atoms with E-state index in [2.05, 4.69) is 50.3 Å². The molecule has 0 radical (unpaired) electrons. The fourth-order valence-electron chi connectivity index (χ4n) is 12.3. The molecule has 0 saturated heterocycles. The van der Waals surface area contributed by atoms with Crippen LogP contribution in [0, 0.1) is 5.92 Å². The molecule has 78 heavy (non-hydrogen) atoms. The van der Waals surface area contributed by atoms with Gasteiger partial charge in [-0.15, -0.1) is 0 Å². The first-order chi connectivity index (χ1) is 38.1. The third-order valence-corrected chi connectivity index (χ3v) is 16.7. The lowest BCUT2D eigenvalue weighted by Crippen LogP contribution is -2.35. The molecule has 1 unspecified atom stereocenters. The molecule has 1 saturated carbocycles. The van der Waals surface area contributed by atoms with Crippen molar-refractivity contribution in [1.82, 2.24) is 0 Å². The molecule has 1 fully saturated rings. The zero-order valence-electron chi connectivity index (χ0n) is 45.4. The van der Waals surface area contributed by atoms with Crippen molar-refractivity contribution in [2.75, 3.05) is 28.4 Å². The molecule has 0 aromatic heterocycles. The van der Waals surface area contributed by atoms with Gasteiger partial charge in [-0.3, -0.25) is 0 Å². The Morgan fingerprint density at radius 3 is 1.76 bits per heavy atom. The number of carbonyl (C=O) groups is 2. The number of fused-ring (bicyclic) bond motifs is 8. The summed E-state index contributed by atoms with van der Waals surface area (Å²) in [5.41, 5.74) is 8.73. The number of methoxy groups -OCH3 is 4. The fraction of sp³-hybridized carbons (Fsp3) is 0.275. The fourth-order valence-corrected chi connectivity index (χ4v) is 12.3. The van der Waals surface area contributed by atoms with E-state index in [0.717, 1.165) is 78.3 Å². The summed E-state index contributed by atoms with van der Waals surface area (Å²) in [6, 6.07) is 50.6. The van der Waals surface area contributed by atoms with Gasteiger partial charge in [0.25, 0.3) is 0 Å². The van der Waals surface area contributed by atoms with Crippen LogP contribution in [0.4, 0.5) is 0 Å². The van der Waals surface area contributed by atoms with Gasteiger partial charge in [-0.25, -0.2) is 9.59 Å². The quantitative estimate of drug-likeness (QED) is 0.0501. The number of hydrogen-bond donors (Lipinski definition) is 0. The first kappa shape index (κ1) is 51.9. The maximum atomic E-state index is 14.2. The summed E-state index contributed by atoms with van der Waals surface area (Å²) in [6.45, 7) is 4.40. The van der Waals surface area contributed by atoms with E-state index in [4.69, 9.17) is 33.2 Å². The highest BCUT2D eigenvalue weighted by Gasteiger charge is 2.48. The summed E-state index contributed by atoms with van der Waals surface area (Å²) in [5, 5.41) is 1.58. The zero-order valence-corrected chi connectivity index (χ0v) is 45.4. The van der Waals surface area contributed by atoms with E-state index in [1.165, 1.54) is 56.9 Å². The van der Waals surface area contributed by atoms with Crippen molar-refractivity contribution in [2.45, 2.75) is 88.8 Å². The van der Waals surface area contributed by atoms with Crippen LogP contribution in [0.1, 0.15) is 132 Å². The topological polar surface area (TPSA) is 98.8 Å². The first-order valence-electron chi connectivity index (χ1n) is 27.4. The summed E-state index contributed by atoms with van der Waals surface area (Å²) in [4.78, 5) is 27.5. The monoisotopic (exact) mass is 1040 g/mol.